The van der Waals surface area contributed by atoms with Gasteiger partial charge in [-0.3, -0.25) is 0 Å². The first kappa shape index (κ1) is 4.36. The van der Waals surface area contributed by atoms with E-state index in [9.17, 15) is 5.21 Å². The Morgan fingerprint density at radius 1 is 1.71 bits per heavy atom. The highest BCUT2D eigenvalue weighted by Gasteiger charge is 1.99. The van der Waals surface area contributed by atoms with Crippen LogP contribution in [-0.4, -0.2) is 18.2 Å². The van der Waals surface area contributed by atoms with Gasteiger partial charge in [-0.1, -0.05) is 0 Å². The third-order valence-corrected chi connectivity index (χ3v) is 0.720. The minimum Gasteiger partial charge on any atom is -0.380 e. The molecule has 7 heavy (non-hydrogen) atoms. The zero-order chi connectivity index (χ0) is 5.11. The summed E-state index contributed by atoms with van der Waals surface area (Å²) in [7, 11) is 0. The van der Waals surface area contributed by atoms with Gasteiger partial charge < -0.3 is 4.84 Å². The van der Waals surface area contributed by atoms with Gasteiger partial charge in [0.1, 0.15) is 6.54 Å². The summed E-state index contributed by atoms with van der Waals surface area (Å²) in [5.41, 5.74) is 0. The SMILES string of the molecule is [O-][N+]1=NCCCO1. The summed E-state index contributed by atoms with van der Waals surface area (Å²) in [5, 5.41) is 13.6. The summed E-state index contributed by atoms with van der Waals surface area (Å²) < 4.78 is 0. The number of hydrogen-bond acceptors (Lipinski definition) is 3. The second-order valence-corrected chi connectivity index (χ2v) is 1.29. The predicted molar refractivity (Wildman–Crippen MR) is 21.5 cm³/mol. The van der Waals surface area contributed by atoms with Crippen molar-refractivity contribution >= 4 is 0 Å². The molecule has 4 nitrogen and oxygen atoms in total. The first-order valence-corrected chi connectivity index (χ1v) is 2.17. The van der Waals surface area contributed by atoms with Gasteiger partial charge in [0.05, 0.1) is 6.61 Å². The normalized spacial score (nSPS) is 20.3. The van der Waals surface area contributed by atoms with Crippen LogP contribution in [-0.2, 0) is 4.84 Å². The minimum absolute atomic E-state index is 0.267. The molecular formula is C3H6N2O2. The largest absolute Gasteiger partial charge is 0.380 e. The van der Waals surface area contributed by atoms with E-state index >= 15 is 0 Å². The van der Waals surface area contributed by atoms with Gasteiger partial charge in [0.25, 0.3) is 0 Å². The molecule has 0 spiro atoms. The van der Waals surface area contributed by atoms with E-state index in [1.54, 1.807) is 0 Å². The second-order valence-electron chi connectivity index (χ2n) is 1.29. The second kappa shape index (κ2) is 1.77. The Balaban J connectivity index is 2.40. The molecule has 0 fully saturated rings. The van der Waals surface area contributed by atoms with Gasteiger partial charge in [-0.25, -0.2) is 5.21 Å². The lowest BCUT2D eigenvalue weighted by atomic mass is 10.5. The molecule has 0 amide bonds. The summed E-state index contributed by atoms with van der Waals surface area (Å²) in [4.78, 5) is 4.39. The van der Waals surface area contributed by atoms with Crippen LogP contribution in [0.1, 0.15) is 6.42 Å². The molecule has 0 unspecified atom stereocenters. The van der Waals surface area contributed by atoms with Gasteiger partial charge in [-0.2, -0.15) is 0 Å². The van der Waals surface area contributed by atoms with Gasteiger partial charge >= 0.3 is 0 Å². The maximum absolute atomic E-state index is 9.99. The standard InChI is InChI=1S/C3H6N2O2/c6-5-4-2-1-3-7-5/h1-3H2. The first-order valence-electron chi connectivity index (χ1n) is 2.17. The van der Waals surface area contributed by atoms with Crippen LogP contribution in [0.15, 0.2) is 5.11 Å². The van der Waals surface area contributed by atoms with E-state index in [-0.39, 0.29) is 5.02 Å². The van der Waals surface area contributed by atoms with E-state index in [0.717, 1.165) is 6.42 Å². The van der Waals surface area contributed by atoms with Gasteiger partial charge in [0, 0.05) is 5.11 Å². The van der Waals surface area contributed by atoms with Crippen molar-refractivity contribution in [1.29, 1.82) is 0 Å². The molecule has 4 heteroatoms. The molecule has 0 aromatic heterocycles. The monoisotopic (exact) mass is 102 g/mol. The van der Waals surface area contributed by atoms with E-state index in [1.807, 2.05) is 0 Å². The Kier molecular flexibility index (Phi) is 1.10. The highest BCUT2D eigenvalue weighted by Crippen LogP contribution is 1.92. The van der Waals surface area contributed by atoms with Crippen LogP contribution < -0.4 is 0 Å². The molecule has 0 atom stereocenters. The topological polar surface area (TPSA) is 47.7 Å². The van der Waals surface area contributed by atoms with Gasteiger partial charge in [0.15, 0.2) is 5.02 Å². The molecule has 0 aromatic rings. The van der Waals surface area contributed by atoms with Crippen molar-refractivity contribution in [2.45, 2.75) is 6.42 Å². The van der Waals surface area contributed by atoms with Crippen molar-refractivity contribution in [3.8, 4) is 0 Å². The van der Waals surface area contributed by atoms with Crippen LogP contribution in [0.25, 0.3) is 0 Å². The Bertz CT molecular complexity index is 90.9. The zero-order valence-electron chi connectivity index (χ0n) is 3.83. The van der Waals surface area contributed by atoms with E-state index in [1.165, 1.54) is 0 Å². The molecule has 0 bridgehead atoms. The van der Waals surface area contributed by atoms with E-state index in [0.29, 0.717) is 13.2 Å². The van der Waals surface area contributed by atoms with E-state index in [4.69, 9.17) is 0 Å². The smallest absolute Gasteiger partial charge is 0.168 e. The molecule has 1 heterocycles. The molecule has 40 valence electrons. The van der Waals surface area contributed by atoms with Crippen LogP contribution in [0.2, 0.25) is 0 Å². The van der Waals surface area contributed by atoms with Crippen molar-refractivity contribution in [1.82, 2.24) is 0 Å². The van der Waals surface area contributed by atoms with Crippen LogP contribution in [0.4, 0.5) is 0 Å². The Morgan fingerprint density at radius 3 is 2.86 bits per heavy atom. The lowest BCUT2D eigenvalue weighted by Gasteiger charge is -2.04. The molecule has 0 radical (unpaired) electrons. The average molecular weight is 102 g/mol. The zero-order valence-corrected chi connectivity index (χ0v) is 3.83. The molecule has 1 rings (SSSR count). The summed E-state index contributed by atoms with van der Waals surface area (Å²) >= 11 is 0. The fraction of sp³-hybridized carbons (Fsp3) is 1.00. The summed E-state index contributed by atoms with van der Waals surface area (Å²) in [6, 6.07) is 0. The quantitative estimate of drug-likeness (QED) is 0.412. The van der Waals surface area contributed by atoms with Crippen molar-refractivity contribution in [3.05, 3.63) is 5.21 Å². The first-order chi connectivity index (χ1) is 3.39. The van der Waals surface area contributed by atoms with Crippen LogP contribution in [0.5, 0.6) is 0 Å². The molecule has 0 aromatic carbocycles. The molecule has 0 saturated carbocycles. The van der Waals surface area contributed by atoms with Crippen LogP contribution in [0, 0.1) is 5.21 Å². The number of hydrogen-bond donors (Lipinski definition) is 0. The lowest BCUT2D eigenvalue weighted by molar-refractivity contribution is -0.796. The molecule has 1 aliphatic heterocycles. The summed E-state index contributed by atoms with van der Waals surface area (Å²) in [5.74, 6) is 0. The van der Waals surface area contributed by atoms with Crippen LogP contribution >= 0.6 is 0 Å². The summed E-state index contributed by atoms with van der Waals surface area (Å²) in [6.07, 6.45) is 0.860. The average Bonchev–Trinajstić information content (AvgIpc) is 1.69. The fourth-order valence-corrected chi connectivity index (χ4v) is 0.400. The third kappa shape index (κ3) is 1.03. The van der Waals surface area contributed by atoms with E-state index < -0.39 is 0 Å². The maximum atomic E-state index is 9.99. The van der Waals surface area contributed by atoms with Crippen molar-refractivity contribution < 1.29 is 9.86 Å². The van der Waals surface area contributed by atoms with Gasteiger partial charge in [-0.05, 0) is 6.42 Å². The molecule has 0 saturated heterocycles. The highest BCUT2D eigenvalue weighted by atomic mass is 16.9. The number of nitrogens with zero attached hydrogens (tertiary/aromatic N) is 2. The van der Waals surface area contributed by atoms with E-state index in [2.05, 4.69) is 9.95 Å². The van der Waals surface area contributed by atoms with Crippen molar-refractivity contribution in [2.75, 3.05) is 13.2 Å². The Hall–Kier alpha value is -0.800. The number of rotatable bonds is 0. The fourth-order valence-electron chi connectivity index (χ4n) is 0.400. The lowest BCUT2D eigenvalue weighted by Crippen LogP contribution is -2.11. The minimum atomic E-state index is 0.267. The maximum Gasteiger partial charge on any atom is 0.168 e. The third-order valence-electron chi connectivity index (χ3n) is 0.720. The van der Waals surface area contributed by atoms with Gasteiger partial charge in [0.2, 0.25) is 0 Å². The van der Waals surface area contributed by atoms with Crippen LogP contribution in [0.3, 0.4) is 0 Å². The van der Waals surface area contributed by atoms with Gasteiger partial charge in [-0.15, -0.1) is 0 Å². The van der Waals surface area contributed by atoms with Crippen molar-refractivity contribution in [2.24, 2.45) is 5.11 Å². The highest BCUT2D eigenvalue weighted by molar-refractivity contribution is 4.35. The summed E-state index contributed by atoms with van der Waals surface area (Å²) in [6.45, 7) is 1.11. The molecule has 0 N–H and O–H groups in total. The predicted octanol–water partition coefficient (Wildman–Crippen LogP) is 0.284. The van der Waals surface area contributed by atoms with Crippen molar-refractivity contribution in [3.63, 3.8) is 0 Å². The molecular weight excluding hydrogens is 96.0 g/mol. The molecule has 0 aliphatic carbocycles. The Labute approximate surface area is 40.9 Å². The molecule has 1 aliphatic rings. The Morgan fingerprint density at radius 2 is 2.57 bits per heavy atom.